The number of nitrogens with zero attached hydrogens (tertiary/aromatic N) is 5. The molecule has 10 nitrogen and oxygen atoms in total. The van der Waals surface area contributed by atoms with Crippen molar-refractivity contribution < 1.29 is 37.3 Å². The lowest BCUT2D eigenvalue weighted by molar-refractivity contribution is -0.141. The van der Waals surface area contributed by atoms with Gasteiger partial charge in [-0.15, -0.1) is 0 Å². The average molecular weight is 769 g/mol. The second-order valence-electron chi connectivity index (χ2n) is 13.8. The largest absolute Gasteiger partial charge is 0.481 e. The van der Waals surface area contributed by atoms with Crippen molar-refractivity contribution in [2.24, 2.45) is 5.92 Å². The zero-order valence-corrected chi connectivity index (χ0v) is 30.0. The molecule has 8 rings (SSSR count). The molecule has 2 N–H and O–H groups in total. The molecule has 0 amide bonds. The summed E-state index contributed by atoms with van der Waals surface area (Å²) in [5.74, 6) is -1.19. The minimum absolute atomic E-state index is 0.0466. The van der Waals surface area contributed by atoms with Gasteiger partial charge in [-0.25, -0.2) is 9.97 Å². The van der Waals surface area contributed by atoms with Crippen molar-refractivity contribution in [1.29, 1.82) is 0 Å². The van der Waals surface area contributed by atoms with Crippen molar-refractivity contribution >= 4 is 40.3 Å². The molecule has 3 aromatic carbocycles. The SMILES string of the molecule is COc1nc(-c2cccc(-c3cccc(-c4nc5cc6c(c(C(F)(F)F)c5o4)CC[C@H]6N4CC[C@@H](C(=O)O)C4)c3Cl)c2Cl)cnc1CN1CC[C@@H](O)C1. The number of aliphatic carboxylic acids is 1. The molecule has 0 radical (unpaired) electrons. The van der Waals surface area contributed by atoms with Crippen LogP contribution in [0.1, 0.15) is 47.7 Å². The van der Waals surface area contributed by atoms with Gasteiger partial charge in [-0.3, -0.25) is 19.6 Å². The topological polar surface area (TPSA) is 125 Å². The van der Waals surface area contributed by atoms with Crippen LogP contribution in [0, 0.1) is 5.92 Å². The highest BCUT2D eigenvalue weighted by Crippen LogP contribution is 2.49. The van der Waals surface area contributed by atoms with E-state index in [0.717, 1.165) is 6.54 Å². The van der Waals surface area contributed by atoms with Crippen molar-refractivity contribution in [2.75, 3.05) is 33.3 Å². The first-order chi connectivity index (χ1) is 25.4. The molecular weight excluding hydrogens is 734 g/mol. The molecule has 0 bridgehead atoms. The van der Waals surface area contributed by atoms with E-state index in [1.807, 2.05) is 4.90 Å². The molecule has 0 saturated carbocycles. The van der Waals surface area contributed by atoms with Crippen molar-refractivity contribution in [3.05, 3.63) is 81.1 Å². The van der Waals surface area contributed by atoms with E-state index in [-0.39, 0.29) is 58.3 Å². The number of hydrogen-bond acceptors (Lipinski definition) is 9. The van der Waals surface area contributed by atoms with Crippen molar-refractivity contribution in [2.45, 2.75) is 50.6 Å². The molecule has 2 aliphatic heterocycles. The van der Waals surface area contributed by atoms with E-state index in [9.17, 15) is 28.2 Å². The van der Waals surface area contributed by atoms with Crippen LogP contribution in [-0.4, -0.2) is 80.3 Å². The number of methoxy groups -OCH3 is 1. The number of fused-ring (bicyclic) bond motifs is 2. The number of β-amino-alcohol motifs (C(OH)–C–C–N with tert-alkyl or cyclic N) is 1. The first kappa shape index (κ1) is 35.7. The van der Waals surface area contributed by atoms with E-state index in [1.54, 1.807) is 48.7 Å². The Morgan fingerprint density at radius 1 is 1.00 bits per heavy atom. The van der Waals surface area contributed by atoms with Crippen LogP contribution >= 0.6 is 23.2 Å². The van der Waals surface area contributed by atoms with Crippen LogP contribution in [0.15, 0.2) is 53.1 Å². The smallest absolute Gasteiger partial charge is 0.420 e. The van der Waals surface area contributed by atoms with Gasteiger partial charge < -0.3 is 19.4 Å². The van der Waals surface area contributed by atoms with Crippen molar-refractivity contribution in [3.8, 4) is 39.7 Å². The summed E-state index contributed by atoms with van der Waals surface area (Å²) in [7, 11) is 1.51. The number of aliphatic hydroxyl groups is 1. The Morgan fingerprint density at radius 2 is 1.72 bits per heavy atom. The maximum atomic E-state index is 14.8. The molecule has 3 atom stereocenters. The predicted octanol–water partition coefficient (Wildman–Crippen LogP) is 7.91. The van der Waals surface area contributed by atoms with Gasteiger partial charge in [0, 0.05) is 48.9 Å². The number of carboxylic acids is 1. The number of halogens is 5. The molecule has 5 aromatic rings. The maximum Gasteiger partial charge on any atom is 0.420 e. The number of aromatic nitrogens is 3. The Labute approximate surface area is 312 Å². The normalized spacial score (nSPS) is 20.8. The second-order valence-corrected chi connectivity index (χ2v) is 14.5. The highest BCUT2D eigenvalue weighted by atomic mass is 35.5. The number of alkyl halides is 3. The van der Waals surface area contributed by atoms with E-state index in [0.29, 0.717) is 83.4 Å². The second kappa shape index (κ2) is 13.9. The zero-order valence-electron chi connectivity index (χ0n) is 28.5. The molecule has 3 aliphatic rings. The van der Waals surface area contributed by atoms with Gasteiger partial charge in [0.05, 0.1) is 46.6 Å². The number of carbonyl (C=O) groups is 1. The summed E-state index contributed by atoms with van der Waals surface area (Å²) in [4.78, 5) is 29.5. The minimum Gasteiger partial charge on any atom is -0.481 e. The van der Waals surface area contributed by atoms with E-state index >= 15 is 0 Å². The Morgan fingerprint density at radius 3 is 2.38 bits per heavy atom. The van der Waals surface area contributed by atoms with E-state index in [1.165, 1.54) is 7.11 Å². The molecule has 276 valence electrons. The molecular formula is C38H34Cl2F3N5O5. The molecule has 2 fully saturated rings. The monoisotopic (exact) mass is 767 g/mol. The summed E-state index contributed by atoms with van der Waals surface area (Å²) in [5, 5.41) is 19.9. The van der Waals surface area contributed by atoms with Crippen LogP contribution < -0.4 is 4.74 Å². The zero-order chi connectivity index (χ0) is 37.2. The minimum atomic E-state index is -4.72. The lowest BCUT2D eigenvalue weighted by atomic mass is 9.99. The van der Waals surface area contributed by atoms with Gasteiger partial charge in [0.1, 0.15) is 16.8 Å². The van der Waals surface area contributed by atoms with Crippen LogP contribution in [-0.2, 0) is 23.9 Å². The molecule has 2 saturated heterocycles. The number of benzene rings is 3. The number of ether oxygens (including phenoxy) is 1. The number of likely N-dealkylation sites (tertiary alicyclic amines) is 2. The van der Waals surface area contributed by atoms with Gasteiger partial charge in [-0.2, -0.15) is 13.2 Å². The number of hydrogen-bond donors (Lipinski definition) is 2. The lowest BCUT2D eigenvalue weighted by Crippen LogP contribution is -2.26. The Balaban J connectivity index is 1.15. The summed E-state index contributed by atoms with van der Waals surface area (Å²) >= 11 is 14.0. The van der Waals surface area contributed by atoms with E-state index in [2.05, 4.69) is 19.9 Å². The molecule has 0 spiro atoms. The standard InChI is InChI=1S/C38H34Cl2F3N5O5/c1-52-36-29(18-47-12-11-20(49)17-47)44-15-28(46-36)24-6-2-4-22(32(24)39)23-5-3-7-25(33(23)40)35-45-27-14-26-21(31(34(27)53-35)38(41,42)43)8-9-30(26)48-13-10-19(16-48)37(50)51/h2-7,14-15,19-20,30,49H,8-13,16-18H2,1H3,(H,50,51)/t19-,20-,30-/m1/s1. The van der Waals surface area contributed by atoms with Crippen molar-refractivity contribution in [3.63, 3.8) is 0 Å². The predicted molar refractivity (Wildman–Crippen MR) is 192 cm³/mol. The quantitative estimate of drug-likeness (QED) is 0.161. The van der Waals surface area contributed by atoms with E-state index < -0.39 is 23.6 Å². The molecule has 53 heavy (non-hydrogen) atoms. The highest BCUT2D eigenvalue weighted by molar-refractivity contribution is 6.39. The molecule has 15 heteroatoms. The Bertz CT molecular complexity index is 2250. The fraction of sp³-hybridized carbons (Fsp3) is 0.368. The van der Waals surface area contributed by atoms with Crippen LogP contribution in [0.5, 0.6) is 5.88 Å². The summed E-state index contributed by atoms with van der Waals surface area (Å²) in [6, 6.07) is 11.7. The van der Waals surface area contributed by atoms with Gasteiger partial charge in [-0.05, 0) is 55.5 Å². The molecule has 1 aliphatic carbocycles. The van der Waals surface area contributed by atoms with Crippen LogP contribution in [0.25, 0.3) is 44.9 Å². The average Bonchev–Trinajstić information content (AvgIpc) is 3.94. The number of carboxylic acid groups (broad SMARTS) is 1. The Kier molecular flexibility index (Phi) is 9.34. The van der Waals surface area contributed by atoms with Crippen LogP contribution in [0.2, 0.25) is 10.0 Å². The highest BCUT2D eigenvalue weighted by Gasteiger charge is 2.44. The third-order valence-electron chi connectivity index (χ3n) is 10.6. The fourth-order valence-corrected chi connectivity index (χ4v) is 8.64. The number of oxazole rings is 1. The van der Waals surface area contributed by atoms with Gasteiger partial charge in [0.25, 0.3) is 0 Å². The lowest BCUT2D eigenvalue weighted by Gasteiger charge is -2.25. The maximum absolute atomic E-state index is 14.8. The summed E-state index contributed by atoms with van der Waals surface area (Å²) in [5.41, 5.74) is 2.47. The van der Waals surface area contributed by atoms with Crippen LogP contribution in [0.3, 0.4) is 0 Å². The van der Waals surface area contributed by atoms with Gasteiger partial charge in [0.15, 0.2) is 5.58 Å². The number of rotatable bonds is 8. The fourth-order valence-electron chi connectivity index (χ4n) is 8.00. The van der Waals surface area contributed by atoms with Crippen molar-refractivity contribution in [1.82, 2.24) is 24.8 Å². The van der Waals surface area contributed by atoms with Gasteiger partial charge in [-0.1, -0.05) is 53.5 Å². The Hall–Kier alpha value is -4.27. The first-order valence-corrected chi connectivity index (χ1v) is 18.1. The molecule has 2 aromatic heterocycles. The summed E-state index contributed by atoms with van der Waals surface area (Å²) in [6.07, 6.45) is -1.70. The van der Waals surface area contributed by atoms with Crippen LogP contribution in [0.4, 0.5) is 13.2 Å². The molecule has 4 heterocycles. The number of aliphatic hydroxyl groups excluding tert-OH is 1. The van der Waals surface area contributed by atoms with Gasteiger partial charge >= 0.3 is 12.1 Å². The summed E-state index contributed by atoms with van der Waals surface area (Å²) in [6.45, 7) is 2.54. The third kappa shape index (κ3) is 6.52. The third-order valence-corrected chi connectivity index (χ3v) is 11.4. The van der Waals surface area contributed by atoms with Gasteiger partial charge in [0.2, 0.25) is 11.8 Å². The first-order valence-electron chi connectivity index (χ1n) is 17.3. The van der Waals surface area contributed by atoms with E-state index in [4.69, 9.17) is 32.4 Å². The summed E-state index contributed by atoms with van der Waals surface area (Å²) < 4.78 is 55.8. The molecule has 0 unspecified atom stereocenters.